The second-order valence-electron chi connectivity index (χ2n) is 5.87. The Kier molecular flexibility index (Phi) is 4.63. The van der Waals surface area contributed by atoms with Gasteiger partial charge >= 0.3 is 0 Å². The predicted octanol–water partition coefficient (Wildman–Crippen LogP) is 1.34. The highest BCUT2D eigenvalue weighted by molar-refractivity contribution is 6.04. The molecule has 5 nitrogen and oxygen atoms in total. The fourth-order valence-electron chi connectivity index (χ4n) is 2.48. The Morgan fingerprint density at radius 2 is 2.10 bits per heavy atom. The smallest absolute Gasteiger partial charge is 0.249 e. The number of nitrogens with zero attached hydrogens (tertiary/aromatic N) is 1. The van der Waals surface area contributed by atoms with Gasteiger partial charge in [-0.1, -0.05) is 26.0 Å². The second kappa shape index (κ2) is 6.26. The van der Waals surface area contributed by atoms with E-state index in [0.29, 0.717) is 6.04 Å². The van der Waals surface area contributed by atoms with Crippen LogP contribution in [0.25, 0.3) is 0 Å². The van der Waals surface area contributed by atoms with Crippen molar-refractivity contribution >= 4 is 17.5 Å². The zero-order chi connectivity index (χ0) is 15.6. The Morgan fingerprint density at radius 3 is 2.71 bits per heavy atom. The van der Waals surface area contributed by atoms with Crippen molar-refractivity contribution in [3.63, 3.8) is 0 Å². The van der Waals surface area contributed by atoms with Crippen LogP contribution in [-0.2, 0) is 16.1 Å². The summed E-state index contributed by atoms with van der Waals surface area (Å²) in [5.74, 6) is -0.487. The summed E-state index contributed by atoms with van der Waals surface area (Å²) in [4.78, 5) is 25.2. The molecule has 114 valence electrons. The zero-order valence-corrected chi connectivity index (χ0v) is 13.1. The van der Waals surface area contributed by atoms with Gasteiger partial charge in [-0.3, -0.25) is 14.9 Å². The van der Waals surface area contributed by atoms with E-state index in [2.05, 4.69) is 30.5 Å². The number of piperazine rings is 1. The third-order valence-electron chi connectivity index (χ3n) is 3.71. The van der Waals surface area contributed by atoms with Gasteiger partial charge in [0.1, 0.15) is 6.04 Å². The Hall–Kier alpha value is -1.88. The lowest BCUT2D eigenvalue weighted by Crippen LogP contribution is -2.57. The normalized spacial score (nSPS) is 19.1. The van der Waals surface area contributed by atoms with Crippen molar-refractivity contribution in [2.75, 3.05) is 11.4 Å². The summed E-state index contributed by atoms with van der Waals surface area (Å²) in [6.07, 6.45) is 0. The minimum atomic E-state index is -0.332. The number of benzene rings is 1. The Bertz CT molecular complexity index is 554. The van der Waals surface area contributed by atoms with Gasteiger partial charge in [0.25, 0.3) is 0 Å². The van der Waals surface area contributed by atoms with Gasteiger partial charge in [-0.15, -0.1) is 0 Å². The molecule has 2 rings (SSSR count). The summed E-state index contributed by atoms with van der Waals surface area (Å²) < 4.78 is 0. The molecule has 1 aromatic carbocycles. The zero-order valence-electron chi connectivity index (χ0n) is 13.1. The van der Waals surface area contributed by atoms with E-state index in [1.54, 1.807) is 0 Å². The first kappa shape index (κ1) is 15.5. The molecular formula is C16H23N3O2. The van der Waals surface area contributed by atoms with Crippen LogP contribution in [0.2, 0.25) is 0 Å². The van der Waals surface area contributed by atoms with E-state index < -0.39 is 0 Å². The highest BCUT2D eigenvalue weighted by atomic mass is 16.2. The van der Waals surface area contributed by atoms with Gasteiger partial charge in [0, 0.05) is 18.3 Å². The van der Waals surface area contributed by atoms with Crippen LogP contribution in [0.4, 0.5) is 5.69 Å². The molecule has 2 N–H and O–H groups in total. The van der Waals surface area contributed by atoms with Crippen LogP contribution in [0, 0.1) is 6.92 Å². The van der Waals surface area contributed by atoms with E-state index >= 15 is 0 Å². The molecule has 1 fully saturated rings. The molecule has 1 saturated heterocycles. The van der Waals surface area contributed by atoms with Gasteiger partial charge in [0.15, 0.2) is 0 Å². The fraction of sp³-hybridized carbons (Fsp3) is 0.500. The molecule has 1 heterocycles. The van der Waals surface area contributed by atoms with Crippen molar-refractivity contribution in [3.8, 4) is 0 Å². The summed E-state index contributed by atoms with van der Waals surface area (Å²) in [6.45, 7) is 9.08. The maximum atomic E-state index is 11.8. The number of rotatable bonds is 4. The molecule has 0 saturated carbocycles. The molecule has 5 heteroatoms. The number of aryl methyl sites for hydroxylation is 1. The highest BCUT2D eigenvalue weighted by Crippen LogP contribution is 2.24. The average Bonchev–Trinajstić information content (AvgIpc) is 2.41. The first-order chi connectivity index (χ1) is 9.88. The number of carbonyl (C=O) groups excluding carboxylic acids is 2. The van der Waals surface area contributed by atoms with Crippen LogP contribution in [-0.4, -0.2) is 30.4 Å². The monoisotopic (exact) mass is 289 g/mol. The molecule has 21 heavy (non-hydrogen) atoms. The number of hydrogen-bond donors (Lipinski definition) is 2. The number of amides is 2. The van der Waals surface area contributed by atoms with Crippen molar-refractivity contribution < 1.29 is 9.59 Å². The summed E-state index contributed by atoms with van der Waals surface area (Å²) in [7, 11) is 0. The third kappa shape index (κ3) is 3.61. The molecule has 0 radical (unpaired) electrons. The lowest BCUT2D eigenvalue weighted by atomic mass is 10.1. The third-order valence-corrected chi connectivity index (χ3v) is 3.71. The second-order valence-corrected chi connectivity index (χ2v) is 5.87. The lowest BCUT2D eigenvalue weighted by Gasteiger charge is -2.34. The topological polar surface area (TPSA) is 61.4 Å². The standard InChI is InChI=1S/C16H23N3O2/c1-10(2)17-8-13-5-6-14(11(3)7-13)19-9-15(20)18-16(21)12(19)4/h5-7,10,12,17H,8-9H2,1-4H3,(H,18,20,21). The van der Waals surface area contributed by atoms with Gasteiger partial charge in [-0.05, 0) is 31.0 Å². The summed E-state index contributed by atoms with van der Waals surface area (Å²) in [5.41, 5.74) is 3.22. The Morgan fingerprint density at radius 1 is 1.38 bits per heavy atom. The summed E-state index contributed by atoms with van der Waals surface area (Å²) in [5, 5.41) is 5.74. The minimum Gasteiger partial charge on any atom is -0.350 e. The molecule has 1 aliphatic heterocycles. The van der Waals surface area contributed by atoms with Crippen LogP contribution in [0.5, 0.6) is 0 Å². The van der Waals surface area contributed by atoms with Crippen LogP contribution in [0.1, 0.15) is 31.9 Å². The van der Waals surface area contributed by atoms with E-state index in [1.165, 1.54) is 5.56 Å². The summed E-state index contributed by atoms with van der Waals surface area (Å²) in [6, 6.07) is 6.25. The number of imide groups is 1. The van der Waals surface area contributed by atoms with E-state index in [0.717, 1.165) is 17.8 Å². The van der Waals surface area contributed by atoms with Gasteiger partial charge in [-0.25, -0.2) is 0 Å². The van der Waals surface area contributed by atoms with Gasteiger partial charge in [-0.2, -0.15) is 0 Å². The maximum Gasteiger partial charge on any atom is 0.249 e. The number of carbonyl (C=O) groups is 2. The van der Waals surface area contributed by atoms with Crippen molar-refractivity contribution in [1.29, 1.82) is 0 Å². The first-order valence-corrected chi connectivity index (χ1v) is 7.31. The van der Waals surface area contributed by atoms with Crippen molar-refractivity contribution in [1.82, 2.24) is 10.6 Å². The van der Waals surface area contributed by atoms with Crippen LogP contribution >= 0.6 is 0 Å². The molecule has 0 spiro atoms. The van der Waals surface area contributed by atoms with Gasteiger partial charge in [0.05, 0.1) is 6.54 Å². The number of anilines is 1. The summed E-state index contributed by atoms with van der Waals surface area (Å²) >= 11 is 0. The Labute approximate surface area is 125 Å². The minimum absolute atomic E-state index is 0.220. The lowest BCUT2D eigenvalue weighted by molar-refractivity contribution is -0.132. The molecule has 1 unspecified atom stereocenters. The molecule has 1 aromatic rings. The number of hydrogen-bond acceptors (Lipinski definition) is 4. The molecule has 1 atom stereocenters. The van der Waals surface area contributed by atoms with Gasteiger partial charge in [0.2, 0.25) is 11.8 Å². The molecule has 0 bridgehead atoms. The quantitative estimate of drug-likeness (QED) is 0.821. The molecule has 0 aliphatic carbocycles. The van der Waals surface area contributed by atoms with E-state index in [9.17, 15) is 9.59 Å². The highest BCUT2D eigenvalue weighted by Gasteiger charge is 2.30. The Balaban J connectivity index is 2.20. The molecule has 2 amide bonds. The van der Waals surface area contributed by atoms with Gasteiger partial charge < -0.3 is 10.2 Å². The maximum absolute atomic E-state index is 11.8. The molecular weight excluding hydrogens is 266 g/mol. The van der Waals surface area contributed by atoms with Crippen molar-refractivity contribution in [3.05, 3.63) is 29.3 Å². The van der Waals surface area contributed by atoms with E-state index in [-0.39, 0.29) is 24.4 Å². The fourth-order valence-corrected chi connectivity index (χ4v) is 2.48. The van der Waals surface area contributed by atoms with Crippen LogP contribution < -0.4 is 15.5 Å². The largest absolute Gasteiger partial charge is 0.350 e. The van der Waals surface area contributed by atoms with E-state index in [4.69, 9.17) is 0 Å². The number of nitrogens with one attached hydrogen (secondary N) is 2. The van der Waals surface area contributed by atoms with Crippen LogP contribution in [0.3, 0.4) is 0 Å². The van der Waals surface area contributed by atoms with Crippen LogP contribution in [0.15, 0.2) is 18.2 Å². The predicted molar refractivity (Wildman–Crippen MR) is 83.1 cm³/mol. The first-order valence-electron chi connectivity index (χ1n) is 7.31. The SMILES string of the molecule is Cc1cc(CNC(C)C)ccc1N1CC(=O)NC(=O)C1C. The van der Waals surface area contributed by atoms with Crippen molar-refractivity contribution in [2.45, 2.75) is 46.3 Å². The molecule has 1 aliphatic rings. The average molecular weight is 289 g/mol. The van der Waals surface area contributed by atoms with Crippen molar-refractivity contribution in [2.24, 2.45) is 0 Å². The molecule has 0 aromatic heterocycles. The van der Waals surface area contributed by atoms with E-state index in [1.807, 2.05) is 30.9 Å².